The molecule has 0 amide bonds. The van der Waals surface area contributed by atoms with Gasteiger partial charge in [-0.2, -0.15) is 0 Å². The van der Waals surface area contributed by atoms with E-state index in [0.29, 0.717) is 18.6 Å². The van der Waals surface area contributed by atoms with Gasteiger partial charge in [-0.25, -0.2) is 0 Å². The van der Waals surface area contributed by atoms with Crippen molar-refractivity contribution in [2.24, 2.45) is 4.99 Å². The third-order valence-corrected chi connectivity index (χ3v) is 0.780. The summed E-state index contributed by atoms with van der Waals surface area (Å²) in [5.41, 5.74) is 0. The van der Waals surface area contributed by atoms with Crippen molar-refractivity contribution in [1.82, 2.24) is 0 Å². The predicted molar refractivity (Wildman–Crippen MR) is 28.6 cm³/mol. The molecule has 0 bridgehead atoms. The molecular weight excluding hydrogens is 106 g/mol. The number of aldehydes is 1. The molecule has 0 aromatic carbocycles. The zero-order chi connectivity index (χ0) is 5.82. The van der Waals surface area contributed by atoms with E-state index >= 15 is 0 Å². The number of aliphatic imine (C=N–C) groups is 1. The average molecular weight is 111 g/mol. The molecule has 42 valence electrons. The maximum Gasteiger partial charge on any atom is 0.176 e. The minimum atomic E-state index is 0.499. The van der Waals surface area contributed by atoms with Crippen LogP contribution in [0.2, 0.25) is 0 Å². The van der Waals surface area contributed by atoms with Gasteiger partial charge in [0.05, 0.1) is 0 Å². The van der Waals surface area contributed by atoms with Crippen LogP contribution >= 0.6 is 0 Å². The highest BCUT2D eigenvalue weighted by Gasteiger charge is 1.98. The van der Waals surface area contributed by atoms with E-state index in [0.717, 1.165) is 0 Å². The normalized spacial score (nSPS) is 21.2. The molecule has 0 saturated carbocycles. The van der Waals surface area contributed by atoms with Gasteiger partial charge in [-0.05, 0) is 0 Å². The van der Waals surface area contributed by atoms with Gasteiger partial charge >= 0.3 is 0 Å². The molecule has 0 atom stereocenters. The highest BCUT2D eigenvalue weighted by Crippen LogP contribution is 1.99. The van der Waals surface area contributed by atoms with Crippen molar-refractivity contribution >= 4 is 12.7 Å². The van der Waals surface area contributed by atoms with Gasteiger partial charge in [-0.15, -0.1) is 0 Å². The Morgan fingerprint density at radius 3 is 3.25 bits per heavy atom. The first-order valence-electron chi connectivity index (χ1n) is 2.23. The summed E-state index contributed by atoms with van der Waals surface area (Å²) in [6.07, 6.45) is 3.37. The largest absolute Gasteiger partial charge is 0.448 e. The molecular formula is C5H5NO2. The second-order valence-electron chi connectivity index (χ2n) is 1.33. The zero-order valence-electron chi connectivity index (χ0n) is 4.20. The summed E-state index contributed by atoms with van der Waals surface area (Å²) in [7, 11) is 0. The molecule has 1 aliphatic rings. The Morgan fingerprint density at radius 2 is 2.75 bits per heavy atom. The van der Waals surface area contributed by atoms with Crippen LogP contribution in [0.4, 0.5) is 0 Å². The van der Waals surface area contributed by atoms with E-state index in [9.17, 15) is 4.79 Å². The fraction of sp³-hybridized carbons (Fsp3) is 0.200. The van der Waals surface area contributed by atoms with Crippen molar-refractivity contribution in [3.8, 4) is 0 Å². The molecule has 0 aliphatic carbocycles. The Labute approximate surface area is 46.7 Å². The highest BCUT2D eigenvalue weighted by atomic mass is 16.5. The van der Waals surface area contributed by atoms with Crippen LogP contribution in [0, 0.1) is 0 Å². The highest BCUT2D eigenvalue weighted by molar-refractivity contribution is 5.67. The molecule has 3 heteroatoms. The number of carbonyl (C=O) groups is 1. The van der Waals surface area contributed by atoms with Crippen molar-refractivity contribution in [2.45, 2.75) is 0 Å². The van der Waals surface area contributed by atoms with Gasteiger partial charge in [-0.1, -0.05) is 0 Å². The van der Waals surface area contributed by atoms with Crippen LogP contribution in [-0.2, 0) is 9.53 Å². The lowest BCUT2D eigenvalue weighted by molar-refractivity contribution is -0.104. The number of hydrogen-bond donors (Lipinski definition) is 0. The summed E-state index contributed by atoms with van der Waals surface area (Å²) in [6, 6.07) is 0. The number of allylic oxidation sites excluding steroid dienone is 1. The molecule has 1 rings (SSSR count). The summed E-state index contributed by atoms with van der Waals surface area (Å²) >= 11 is 0. The van der Waals surface area contributed by atoms with Crippen LogP contribution in [0.15, 0.2) is 16.8 Å². The van der Waals surface area contributed by atoms with Gasteiger partial charge in [0.25, 0.3) is 0 Å². The van der Waals surface area contributed by atoms with E-state index in [1.807, 2.05) is 0 Å². The van der Waals surface area contributed by atoms with Gasteiger partial charge in [0, 0.05) is 6.08 Å². The van der Waals surface area contributed by atoms with Crippen LogP contribution in [0.1, 0.15) is 0 Å². The van der Waals surface area contributed by atoms with Crippen LogP contribution < -0.4 is 0 Å². The van der Waals surface area contributed by atoms with Crippen molar-refractivity contribution in [3.63, 3.8) is 0 Å². The van der Waals surface area contributed by atoms with Gasteiger partial charge in [-0.3, -0.25) is 9.79 Å². The SMILES string of the molecule is O=CC=C1CN=CO1. The number of ether oxygens (including phenoxy) is 1. The molecule has 0 aromatic rings. The third kappa shape index (κ3) is 0.932. The van der Waals surface area contributed by atoms with Crippen LogP contribution in [0.3, 0.4) is 0 Å². The molecule has 8 heavy (non-hydrogen) atoms. The summed E-state index contributed by atoms with van der Waals surface area (Å²) in [5, 5.41) is 0. The van der Waals surface area contributed by atoms with E-state index in [-0.39, 0.29) is 0 Å². The van der Waals surface area contributed by atoms with Crippen molar-refractivity contribution in [3.05, 3.63) is 11.8 Å². The summed E-state index contributed by atoms with van der Waals surface area (Å²) in [6.45, 7) is 0.499. The molecule has 0 N–H and O–H groups in total. The maximum absolute atomic E-state index is 9.75. The zero-order valence-corrected chi connectivity index (χ0v) is 4.20. The van der Waals surface area contributed by atoms with Crippen molar-refractivity contribution < 1.29 is 9.53 Å². The Morgan fingerprint density at radius 1 is 1.88 bits per heavy atom. The molecule has 0 unspecified atom stereocenters. The van der Waals surface area contributed by atoms with Crippen LogP contribution in [-0.4, -0.2) is 19.2 Å². The van der Waals surface area contributed by atoms with E-state index < -0.39 is 0 Å². The summed E-state index contributed by atoms with van der Waals surface area (Å²) < 4.78 is 4.73. The maximum atomic E-state index is 9.75. The first-order chi connectivity index (χ1) is 3.93. The lowest BCUT2D eigenvalue weighted by Crippen LogP contribution is -1.83. The average Bonchev–Trinajstić information content (AvgIpc) is 2.19. The molecule has 0 radical (unpaired) electrons. The number of nitrogens with zero attached hydrogens (tertiary/aromatic N) is 1. The minimum absolute atomic E-state index is 0.499. The van der Waals surface area contributed by atoms with Crippen molar-refractivity contribution in [2.75, 3.05) is 6.54 Å². The van der Waals surface area contributed by atoms with E-state index in [4.69, 9.17) is 4.74 Å². The van der Waals surface area contributed by atoms with Crippen molar-refractivity contribution in [1.29, 1.82) is 0 Å². The molecule has 0 spiro atoms. The Balaban J connectivity index is 2.50. The topological polar surface area (TPSA) is 38.7 Å². The summed E-state index contributed by atoms with van der Waals surface area (Å²) in [4.78, 5) is 13.5. The second kappa shape index (κ2) is 2.26. The summed E-state index contributed by atoms with van der Waals surface area (Å²) in [5.74, 6) is 0.611. The van der Waals surface area contributed by atoms with Gasteiger partial charge in [0.15, 0.2) is 6.40 Å². The third-order valence-electron chi connectivity index (χ3n) is 0.780. The van der Waals surface area contributed by atoms with E-state index in [1.165, 1.54) is 12.5 Å². The molecule has 1 aliphatic heterocycles. The molecule has 3 nitrogen and oxygen atoms in total. The predicted octanol–water partition coefficient (Wildman–Crippen LogP) is 0.128. The lowest BCUT2D eigenvalue weighted by atomic mass is 10.5. The fourth-order valence-corrected chi connectivity index (χ4v) is 0.437. The Bertz CT molecular complexity index is 139. The molecule has 0 aromatic heterocycles. The fourth-order valence-electron chi connectivity index (χ4n) is 0.437. The van der Waals surface area contributed by atoms with E-state index in [2.05, 4.69) is 4.99 Å². The van der Waals surface area contributed by atoms with Gasteiger partial charge < -0.3 is 4.74 Å². The second-order valence-corrected chi connectivity index (χ2v) is 1.33. The number of rotatable bonds is 1. The van der Waals surface area contributed by atoms with Crippen LogP contribution in [0.5, 0.6) is 0 Å². The Kier molecular flexibility index (Phi) is 1.42. The first-order valence-corrected chi connectivity index (χ1v) is 2.23. The molecule has 0 saturated heterocycles. The number of carbonyl (C=O) groups excluding carboxylic acids is 1. The number of hydrogen-bond acceptors (Lipinski definition) is 3. The first kappa shape index (κ1) is 5.03. The quantitative estimate of drug-likeness (QED) is 0.356. The van der Waals surface area contributed by atoms with Gasteiger partial charge in [0.2, 0.25) is 0 Å². The van der Waals surface area contributed by atoms with Crippen LogP contribution in [0.25, 0.3) is 0 Å². The van der Waals surface area contributed by atoms with Gasteiger partial charge in [0.1, 0.15) is 18.6 Å². The Hall–Kier alpha value is -1.12. The standard InChI is InChI=1S/C5H5NO2/c7-2-1-5-3-6-4-8-5/h1-2,4H,3H2. The molecule has 1 heterocycles. The monoisotopic (exact) mass is 111 g/mol. The molecule has 0 fully saturated rings. The smallest absolute Gasteiger partial charge is 0.176 e. The minimum Gasteiger partial charge on any atom is -0.448 e. The lowest BCUT2D eigenvalue weighted by Gasteiger charge is -1.87. The van der Waals surface area contributed by atoms with E-state index in [1.54, 1.807) is 0 Å².